The lowest BCUT2D eigenvalue weighted by Crippen LogP contribution is -2.60. The maximum absolute atomic E-state index is 9.90. The molecular weight excluding hydrogens is 290 g/mol. The predicted molar refractivity (Wildman–Crippen MR) is 78.5 cm³/mol. The quantitative estimate of drug-likeness (QED) is 0.440. The normalized spacial score (nSPS) is 32.0. The molecule has 5 N–H and O–H groups in total. The number of hydrogen-bond donors (Lipinski definition) is 5. The zero-order chi connectivity index (χ0) is 16.1. The summed E-state index contributed by atoms with van der Waals surface area (Å²) >= 11 is 0. The van der Waals surface area contributed by atoms with Crippen LogP contribution in [0.15, 0.2) is 24.3 Å². The molecule has 1 aliphatic heterocycles. The van der Waals surface area contributed by atoms with E-state index in [1.54, 1.807) is 12.1 Å². The first-order valence-electron chi connectivity index (χ1n) is 7.27. The highest BCUT2D eigenvalue weighted by atomic mass is 16.7. The van der Waals surface area contributed by atoms with Crippen molar-refractivity contribution in [2.75, 3.05) is 20.2 Å². The Hall–Kier alpha value is -1.22. The van der Waals surface area contributed by atoms with Gasteiger partial charge in [-0.05, 0) is 37.7 Å². The molecular formula is C15H23NO6. The van der Waals surface area contributed by atoms with Gasteiger partial charge in [0.2, 0.25) is 6.29 Å². The Kier molecular flexibility index (Phi) is 6.13. The molecule has 0 radical (unpaired) electrons. The van der Waals surface area contributed by atoms with Crippen LogP contribution in [-0.4, -0.2) is 71.3 Å². The Balaban J connectivity index is 1.99. The Morgan fingerprint density at radius 2 is 1.77 bits per heavy atom. The molecule has 22 heavy (non-hydrogen) atoms. The van der Waals surface area contributed by atoms with Crippen molar-refractivity contribution in [2.45, 2.75) is 37.1 Å². The molecule has 0 spiro atoms. The summed E-state index contributed by atoms with van der Waals surface area (Å²) in [5.74, 6) is 0.470. The number of aliphatic hydroxyl groups excluding tert-OH is 4. The Morgan fingerprint density at radius 3 is 2.36 bits per heavy atom. The highest BCUT2D eigenvalue weighted by Gasteiger charge is 2.44. The van der Waals surface area contributed by atoms with Gasteiger partial charge in [-0.2, -0.15) is 0 Å². The summed E-state index contributed by atoms with van der Waals surface area (Å²) in [4.78, 5) is 0. The van der Waals surface area contributed by atoms with Gasteiger partial charge in [-0.15, -0.1) is 0 Å². The Labute approximate surface area is 129 Å². The van der Waals surface area contributed by atoms with Crippen LogP contribution in [0.2, 0.25) is 0 Å². The molecule has 0 aromatic heterocycles. The molecule has 0 amide bonds. The summed E-state index contributed by atoms with van der Waals surface area (Å²) < 4.78 is 10.8. The first-order chi connectivity index (χ1) is 10.6. The maximum atomic E-state index is 9.90. The summed E-state index contributed by atoms with van der Waals surface area (Å²) in [6.45, 7) is 0.390. The van der Waals surface area contributed by atoms with E-state index in [-0.39, 0.29) is 0 Å². The van der Waals surface area contributed by atoms with Crippen LogP contribution in [0.5, 0.6) is 5.75 Å². The summed E-state index contributed by atoms with van der Waals surface area (Å²) in [6, 6.07) is 7.28. The third-order valence-electron chi connectivity index (χ3n) is 3.69. The van der Waals surface area contributed by atoms with Gasteiger partial charge in [0.25, 0.3) is 0 Å². The second kappa shape index (κ2) is 7.87. The van der Waals surface area contributed by atoms with Crippen molar-refractivity contribution >= 4 is 0 Å². The lowest BCUT2D eigenvalue weighted by atomic mass is 9.99. The van der Waals surface area contributed by atoms with Crippen LogP contribution in [0.1, 0.15) is 5.56 Å². The number of aliphatic hydroxyl groups is 4. The minimum absolute atomic E-state index is 0.470. The highest BCUT2D eigenvalue weighted by molar-refractivity contribution is 5.27. The van der Waals surface area contributed by atoms with Crippen LogP contribution in [-0.2, 0) is 11.2 Å². The average Bonchev–Trinajstić information content (AvgIpc) is 2.54. The van der Waals surface area contributed by atoms with E-state index in [1.165, 1.54) is 0 Å². The number of benzene rings is 1. The van der Waals surface area contributed by atoms with Crippen LogP contribution >= 0.6 is 0 Å². The molecule has 1 fully saturated rings. The zero-order valence-electron chi connectivity index (χ0n) is 12.4. The maximum Gasteiger partial charge on any atom is 0.229 e. The molecule has 1 aromatic carbocycles. The molecule has 0 aliphatic carbocycles. The van der Waals surface area contributed by atoms with Gasteiger partial charge in [0.1, 0.15) is 30.2 Å². The molecule has 7 nitrogen and oxygen atoms in total. The predicted octanol–water partition coefficient (Wildman–Crippen LogP) is -1.37. The van der Waals surface area contributed by atoms with Gasteiger partial charge >= 0.3 is 0 Å². The van der Waals surface area contributed by atoms with Crippen molar-refractivity contribution in [3.8, 4) is 5.75 Å². The topological polar surface area (TPSA) is 111 Å². The third-order valence-corrected chi connectivity index (χ3v) is 3.69. The Morgan fingerprint density at radius 1 is 1.09 bits per heavy atom. The van der Waals surface area contributed by atoms with Gasteiger partial charge in [0.05, 0.1) is 6.61 Å². The van der Waals surface area contributed by atoms with Crippen molar-refractivity contribution in [1.29, 1.82) is 0 Å². The number of likely N-dealkylation sites (N-methyl/N-ethyl adjacent to an activating group) is 1. The van der Waals surface area contributed by atoms with Crippen LogP contribution < -0.4 is 10.1 Å². The molecule has 0 saturated carbocycles. The fourth-order valence-corrected chi connectivity index (χ4v) is 2.30. The minimum Gasteiger partial charge on any atom is -0.462 e. The minimum atomic E-state index is -1.44. The van der Waals surface area contributed by atoms with Crippen LogP contribution in [0, 0.1) is 0 Å². The molecule has 0 unspecified atom stereocenters. The van der Waals surface area contributed by atoms with Gasteiger partial charge in [0, 0.05) is 0 Å². The molecule has 2 rings (SSSR count). The first-order valence-corrected chi connectivity index (χ1v) is 7.27. The monoisotopic (exact) mass is 313 g/mol. The van der Waals surface area contributed by atoms with E-state index in [1.807, 2.05) is 19.2 Å². The Bertz CT molecular complexity index is 452. The van der Waals surface area contributed by atoms with E-state index in [0.29, 0.717) is 5.75 Å². The van der Waals surface area contributed by atoms with Crippen molar-refractivity contribution in [3.05, 3.63) is 29.8 Å². The van der Waals surface area contributed by atoms with E-state index in [9.17, 15) is 15.3 Å². The standard InChI is InChI=1S/C15H23NO6/c1-16-7-6-9-2-4-10(5-3-9)21-15-14(20)13(19)12(18)11(8-17)22-15/h2-5,11-20H,6-8H2,1H3/t11-,12-,13+,14-,15-/m1/s1. The van der Waals surface area contributed by atoms with E-state index in [0.717, 1.165) is 18.5 Å². The van der Waals surface area contributed by atoms with Gasteiger partial charge < -0.3 is 35.2 Å². The SMILES string of the molecule is CNCCc1ccc(O[C@@H]2O[C@H](CO)[C@@H](O)[C@H](O)[C@H]2O)cc1. The van der Waals surface area contributed by atoms with Crippen LogP contribution in [0.4, 0.5) is 0 Å². The van der Waals surface area contributed by atoms with Crippen molar-refractivity contribution in [3.63, 3.8) is 0 Å². The lowest BCUT2D eigenvalue weighted by Gasteiger charge is -2.39. The largest absolute Gasteiger partial charge is 0.462 e. The first kappa shape index (κ1) is 17.1. The molecule has 1 aliphatic rings. The summed E-state index contributed by atoms with van der Waals surface area (Å²) in [5, 5.41) is 41.5. The second-order valence-corrected chi connectivity index (χ2v) is 5.31. The molecule has 0 bridgehead atoms. The van der Waals surface area contributed by atoms with E-state index >= 15 is 0 Å². The van der Waals surface area contributed by atoms with Crippen LogP contribution in [0.3, 0.4) is 0 Å². The molecule has 5 atom stereocenters. The third kappa shape index (κ3) is 3.95. The van der Waals surface area contributed by atoms with Crippen LogP contribution in [0.25, 0.3) is 0 Å². The lowest BCUT2D eigenvalue weighted by molar-refractivity contribution is -0.277. The molecule has 1 heterocycles. The zero-order valence-corrected chi connectivity index (χ0v) is 12.4. The molecule has 7 heteroatoms. The molecule has 1 saturated heterocycles. The number of nitrogens with one attached hydrogen (secondary N) is 1. The van der Waals surface area contributed by atoms with Gasteiger partial charge in [-0.1, -0.05) is 12.1 Å². The smallest absolute Gasteiger partial charge is 0.229 e. The van der Waals surface area contributed by atoms with E-state index in [2.05, 4.69) is 5.32 Å². The van der Waals surface area contributed by atoms with Gasteiger partial charge in [0.15, 0.2) is 0 Å². The van der Waals surface area contributed by atoms with Crippen molar-refractivity contribution in [2.24, 2.45) is 0 Å². The highest BCUT2D eigenvalue weighted by Crippen LogP contribution is 2.24. The second-order valence-electron chi connectivity index (χ2n) is 5.31. The van der Waals surface area contributed by atoms with Gasteiger partial charge in [-0.3, -0.25) is 0 Å². The van der Waals surface area contributed by atoms with Crippen molar-refractivity contribution in [1.82, 2.24) is 5.32 Å². The van der Waals surface area contributed by atoms with Crippen molar-refractivity contribution < 1.29 is 29.9 Å². The fraction of sp³-hybridized carbons (Fsp3) is 0.600. The van der Waals surface area contributed by atoms with Gasteiger partial charge in [-0.25, -0.2) is 0 Å². The van der Waals surface area contributed by atoms with E-state index < -0.39 is 37.3 Å². The number of hydrogen-bond acceptors (Lipinski definition) is 7. The average molecular weight is 313 g/mol. The fourth-order valence-electron chi connectivity index (χ4n) is 2.30. The summed E-state index contributed by atoms with van der Waals surface area (Å²) in [5.41, 5.74) is 1.13. The molecule has 1 aromatic rings. The summed E-state index contributed by atoms with van der Waals surface area (Å²) in [6.07, 6.45) is -5.47. The number of rotatable bonds is 6. The molecule has 124 valence electrons. The van der Waals surface area contributed by atoms with E-state index in [4.69, 9.17) is 14.6 Å². The number of ether oxygens (including phenoxy) is 2. The summed E-state index contributed by atoms with van der Waals surface area (Å²) in [7, 11) is 1.89.